The van der Waals surface area contributed by atoms with Crippen LogP contribution < -0.4 is 11.1 Å². The standard InChI is InChI=1S/C18H20N2O/c1-3-12-8-14(9-15-10-16(21)20-18(12)15)17(19)13-6-4-5-11(2)7-13/h4-9,17H,3,10,19H2,1-2H3,(H,20,21). The predicted octanol–water partition coefficient (Wildman–Crippen LogP) is 3.10. The lowest BCUT2D eigenvalue weighted by Crippen LogP contribution is -2.13. The molecule has 108 valence electrons. The molecule has 0 radical (unpaired) electrons. The van der Waals surface area contributed by atoms with Gasteiger partial charge in [-0.05, 0) is 35.6 Å². The van der Waals surface area contributed by atoms with Crippen molar-refractivity contribution in [2.24, 2.45) is 5.73 Å². The van der Waals surface area contributed by atoms with E-state index in [1.54, 1.807) is 0 Å². The molecule has 2 aromatic rings. The highest BCUT2D eigenvalue weighted by Gasteiger charge is 2.22. The summed E-state index contributed by atoms with van der Waals surface area (Å²) < 4.78 is 0. The number of rotatable bonds is 3. The molecule has 0 aromatic heterocycles. The molecule has 2 aromatic carbocycles. The number of carbonyl (C=O) groups is 1. The summed E-state index contributed by atoms with van der Waals surface area (Å²) in [6.07, 6.45) is 1.34. The molecule has 1 unspecified atom stereocenters. The van der Waals surface area contributed by atoms with Gasteiger partial charge in [-0.2, -0.15) is 0 Å². The molecule has 0 bridgehead atoms. The van der Waals surface area contributed by atoms with E-state index in [1.165, 1.54) is 5.56 Å². The molecule has 0 aliphatic carbocycles. The molecule has 0 saturated carbocycles. The second-order valence-electron chi connectivity index (χ2n) is 5.68. The summed E-state index contributed by atoms with van der Waals surface area (Å²) in [6, 6.07) is 12.3. The normalized spacial score (nSPS) is 14.7. The topological polar surface area (TPSA) is 55.1 Å². The third kappa shape index (κ3) is 2.57. The molecule has 1 aliphatic heterocycles. The van der Waals surface area contributed by atoms with Gasteiger partial charge >= 0.3 is 0 Å². The zero-order valence-corrected chi connectivity index (χ0v) is 12.4. The summed E-state index contributed by atoms with van der Waals surface area (Å²) >= 11 is 0. The number of anilines is 1. The van der Waals surface area contributed by atoms with E-state index in [0.717, 1.165) is 34.4 Å². The van der Waals surface area contributed by atoms with Crippen LogP contribution in [-0.4, -0.2) is 5.91 Å². The van der Waals surface area contributed by atoms with Crippen LogP contribution in [0.15, 0.2) is 36.4 Å². The largest absolute Gasteiger partial charge is 0.325 e. The first-order chi connectivity index (χ1) is 10.1. The highest BCUT2D eigenvalue weighted by molar-refractivity contribution is 6.00. The molecular weight excluding hydrogens is 260 g/mol. The van der Waals surface area contributed by atoms with Crippen molar-refractivity contribution >= 4 is 11.6 Å². The number of nitrogens with one attached hydrogen (secondary N) is 1. The molecule has 1 amide bonds. The second kappa shape index (κ2) is 5.34. The summed E-state index contributed by atoms with van der Waals surface area (Å²) in [5.74, 6) is 0.0703. The van der Waals surface area contributed by atoms with Gasteiger partial charge in [-0.25, -0.2) is 0 Å². The fraction of sp³-hybridized carbons (Fsp3) is 0.278. The highest BCUT2D eigenvalue weighted by atomic mass is 16.1. The number of hydrogen-bond acceptors (Lipinski definition) is 2. The first-order valence-electron chi connectivity index (χ1n) is 7.36. The Morgan fingerprint density at radius 3 is 2.76 bits per heavy atom. The van der Waals surface area contributed by atoms with Crippen LogP contribution in [0.25, 0.3) is 0 Å². The van der Waals surface area contributed by atoms with Crippen LogP contribution in [0.1, 0.15) is 40.8 Å². The van der Waals surface area contributed by atoms with Crippen molar-refractivity contribution in [2.75, 3.05) is 5.32 Å². The van der Waals surface area contributed by atoms with Gasteiger partial charge in [0, 0.05) is 5.69 Å². The van der Waals surface area contributed by atoms with Crippen LogP contribution in [0.3, 0.4) is 0 Å². The average molecular weight is 280 g/mol. The lowest BCUT2D eigenvalue weighted by atomic mass is 9.93. The molecule has 1 aliphatic rings. The van der Waals surface area contributed by atoms with Gasteiger partial charge in [-0.3, -0.25) is 4.79 Å². The zero-order valence-electron chi connectivity index (χ0n) is 12.4. The Bertz CT molecular complexity index is 706. The molecule has 3 nitrogen and oxygen atoms in total. The third-order valence-electron chi connectivity index (χ3n) is 4.08. The predicted molar refractivity (Wildman–Crippen MR) is 85.4 cm³/mol. The van der Waals surface area contributed by atoms with Gasteiger partial charge in [-0.15, -0.1) is 0 Å². The summed E-state index contributed by atoms with van der Waals surface area (Å²) in [7, 11) is 0. The first kappa shape index (κ1) is 13.8. The van der Waals surface area contributed by atoms with Crippen molar-refractivity contribution in [2.45, 2.75) is 32.7 Å². The van der Waals surface area contributed by atoms with E-state index in [-0.39, 0.29) is 11.9 Å². The number of hydrogen-bond donors (Lipinski definition) is 2. The summed E-state index contributed by atoms with van der Waals surface area (Å²) in [4.78, 5) is 11.6. The van der Waals surface area contributed by atoms with E-state index in [1.807, 2.05) is 6.07 Å². The molecular formula is C18H20N2O. The lowest BCUT2D eigenvalue weighted by Gasteiger charge is -2.16. The Labute approximate surface area is 125 Å². The molecule has 1 heterocycles. The van der Waals surface area contributed by atoms with Crippen LogP contribution in [0.4, 0.5) is 5.69 Å². The number of benzene rings is 2. The molecule has 1 atom stereocenters. The second-order valence-corrected chi connectivity index (χ2v) is 5.68. The Hall–Kier alpha value is -2.13. The van der Waals surface area contributed by atoms with Gasteiger partial charge in [0.2, 0.25) is 5.91 Å². The number of carbonyl (C=O) groups excluding carboxylic acids is 1. The maximum Gasteiger partial charge on any atom is 0.228 e. The van der Waals surface area contributed by atoms with Gasteiger partial charge in [0.1, 0.15) is 0 Å². The maximum absolute atomic E-state index is 11.6. The van der Waals surface area contributed by atoms with E-state index in [9.17, 15) is 4.79 Å². The third-order valence-corrected chi connectivity index (χ3v) is 4.08. The van der Waals surface area contributed by atoms with Gasteiger partial charge in [0.05, 0.1) is 12.5 Å². The number of aryl methyl sites for hydroxylation is 2. The van der Waals surface area contributed by atoms with Crippen molar-refractivity contribution < 1.29 is 4.79 Å². The van der Waals surface area contributed by atoms with Crippen molar-refractivity contribution in [3.05, 3.63) is 64.2 Å². The van der Waals surface area contributed by atoms with E-state index < -0.39 is 0 Å². The quantitative estimate of drug-likeness (QED) is 0.907. The minimum absolute atomic E-state index is 0.0703. The molecule has 0 spiro atoms. The van der Waals surface area contributed by atoms with Crippen LogP contribution in [-0.2, 0) is 17.6 Å². The maximum atomic E-state index is 11.6. The monoisotopic (exact) mass is 280 g/mol. The van der Waals surface area contributed by atoms with E-state index in [2.05, 4.69) is 49.5 Å². The molecule has 21 heavy (non-hydrogen) atoms. The van der Waals surface area contributed by atoms with Crippen molar-refractivity contribution in [3.63, 3.8) is 0 Å². The number of amides is 1. The smallest absolute Gasteiger partial charge is 0.228 e. The molecule has 0 saturated heterocycles. The summed E-state index contributed by atoms with van der Waals surface area (Å²) in [5.41, 5.74) is 13.0. The summed E-state index contributed by atoms with van der Waals surface area (Å²) in [6.45, 7) is 4.17. The van der Waals surface area contributed by atoms with Gasteiger partial charge in [0.25, 0.3) is 0 Å². The van der Waals surface area contributed by atoms with Crippen molar-refractivity contribution in [1.29, 1.82) is 0 Å². The SMILES string of the molecule is CCc1cc(C(N)c2cccc(C)c2)cc2c1NC(=O)C2. The lowest BCUT2D eigenvalue weighted by molar-refractivity contribution is -0.115. The number of fused-ring (bicyclic) bond motifs is 1. The van der Waals surface area contributed by atoms with Gasteiger partial charge in [0.15, 0.2) is 0 Å². The molecule has 0 fully saturated rings. The number of nitrogens with two attached hydrogens (primary N) is 1. The Balaban J connectivity index is 2.03. The molecule has 3 heteroatoms. The highest BCUT2D eigenvalue weighted by Crippen LogP contribution is 2.32. The average Bonchev–Trinajstić information content (AvgIpc) is 2.85. The van der Waals surface area contributed by atoms with Crippen LogP contribution in [0.5, 0.6) is 0 Å². The molecule has 3 rings (SSSR count). The van der Waals surface area contributed by atoms with Crippen molar-refractivity contribution in [3.8, 4) is 0 Å². The van der Waals surface area contributed by atoms with E-state index in [4.69, 9.17) is 5.73 Å². The van der Waals surface area contributed by atoms with Crippen LogP contribution >= 0.6 is 0 Å². The molecule has 3 N–H and O–H groups in total. The Kier molecular flexibility index (Phi) is 3.52. The fourth-order valence-electron chi connectivity index (χ4n) is 2.97. The van der Waals surface area contributed by atoms with Gasteiger partial charge in [-0.1, -0.05) is 48.9 Å². The Morgan fingerprint density at radius 2 is 2.05 bits per heavy atom. The van der Waals surface area contributed by atoms with Crippen molar-refractivity contribution in [1.82, 2.24) is 0 Å². The Morgan fingerprint density at radius 1 is 1.24 bits per heavy atom. The zero-order chi connectivity index (χ0) is 15.0. The minimum Gasteiger partial charge on any atom is -0.325 e. The van der Waals surface area contributed by atoms with Gasteiger partial charge < -0.3 is 11.1 Å². The van der Waals surface area contributed by atoms with Crippen LogP contribution in [0.2, 0.25) is 0 Å². The van der Waals surface area contributed by atoms with E-state index >= 15 is 0 Å². The fourth-order valence-corrected chi connectivity index (χ4v) is 2.97. The minimum atomic E-state index is -0.156. The summed E-state index contributed by atoms with van der Waals surface area (Å²) in [5, 5.41) is 2.95. The van der Waals surface area contributed by atoms with E-state index in [0.29, 0.717) is 6.42 Å². The first-order valence-corrected chi connectivity index (χ1v) is 7.36. The van der Waals surface area contributed by atoms with Crippen LogP contribution in [0, 0.1) is 6.92 Å².